The van der Waals surface area contributed by atoms with Crippen LogP contribution in [-0.2, 0) is 11.2 Å². The van der Waals surface area contributed by atoms with Crippen molar-refractivity contribution in [3.05, 3.63) is 34.9 Å². The molecule has 2 rings (SSSR count). The highest BCUT2D eigenvalue weighted by molar-refractivity contribution is 6.00. The Morgan fingerprint density at radius 2 is 2.19 bits per heavy atom. The number of carbonyl (C=O) groups excluding carboxylic acids is 1. The Morgan fingerprint density at radius 1 is 1.38 bits per heavy atom. The molecule has 0 heterocycles. The lowest BCUT2D eigenvalue weighted by atomic mass is 10.1. The number of aryl methyl sites for hydroxylation is 1. The second kappa shape index (κ2) is 4.19. The first-order valence-electron chi connectivity index (χ1n) is 5.03. The fourth-order valence-corrected chi connectivity index (χ4v) is 1.76. The van der Waals surface area contributed by atoms with Gasteiger partial charge in [-0.25, -0.2) is 0 Å². The molecule has 1 aliphatic rings. The third-order valence-corrected chi connectivity index (χ3v) is 2.50. The minimum absolute atomic E-state index is 0.157. The Balaban J connectivity index is 2.21. The number of hydrogen-bond donors (Lipinski definition) is 1. The highest BCUT2D eigenvalue weighted by atomic mass is 16.4. The molecule has 0 unspecified atom stereocenters. The summed E-state index contributed by atoms with van der Waals surface area (Å²) >= 11 is 0. The van der Waals surface area contributed by atoms with Crippen molar-refractivity contribution < 1.29 is 14.7 Å². The standard InChI is InChI=1S/C13H10O3/c14-12-7-5-10-8-9(4-6-11(10)12)2-1-3-13(15)16/h4,6,8H,3,5,7H2,(H,15,16). The van der Waals surface area contributed by atoms with Crippen LogP contribution in [0.4, 0.5) is 0 Å². The summed E-state index contributed by atoms with van der Waals surface area (Å²) in [5.41, 5.74) is 2.57. The number of ketones is 1. The summed E-state index contributed by atoms with van der Waals surface area (Å²) in [6, 6.07) is 5.40. The minimum atomic E-state index is -0.927. The van der Waals surface area contributed by atoms with Gasteiger partial charge in [-0.1, -0.05) is 11.8 Å². The first-order chi connectivity index (χ1) is 7.66. The van der Waals surface area contributed by atoms with Crippen molar-refractivity contribution in [2.24, 2.45) is 0 Å². The van der Waals surface area contributed by atoms with Crippen LogP contribution in [0.25, 0.3) is 0 Å². The highest BCUT2D eigenvalue weighted by Crippen LogP contribution is 2.22. The first-order valence-corrected chi connectivity index (χ1v) is 5.03. The van der Waals surface area contributed by atoms with Crippen molar-refractivity contribution in [1.82, 2.24) is 0 Å². The fourth-order valence-electron chi connectivity index (χ4n) is 1.76. The first kappa shape index (κ1) is 10.4. The number of benzene rings is 1. The van der Waals surface area contributed by atoms with Gasteiger partial charge in [0.1, 0.15) is 6.42 Å². The molecule has 0 aromatic heterocycles. The third-order valence-electron chi connectivity index (χ3n) is 2.50. The van der Waals surface area contributed by atoms with E-state index in [0.717, 1.165) is 23.1 Å². The van der Waals surface area contributed by atoms with E-state index in [0.29, 0.717) is 6.42 Å². The molecule has 16 heavy (non-hydrogen) atoms. The second-order valence-corrected chi connectivity index (χ2v) is 3.67. The molecule has 80 valence electrons. The number of Topliss-reactive ketones (excluding diaryl/α,β-unsaturated/α-hetero) is 1. The molecule has 1 aromatic carbocycles. The fraction of sp³-hybridized carbons (Fsp3) is 0.231. The van der Waals surface area contributed by atoms with Crippen LogP contribution in [0.15, 0.2) is 18.2 Å². The topological polar surface area (TPSA) is 54.4 Å². The van der Waals surface area contributed by atoms with Crippen LogP contribution in [0.3, 0.4) is 0 Å². The summed E-state index contributed by atoms with van der Waals surface area (Å²) in [7, 11) is 0. The van der Waals surface area contributed by atoms with Crippen LogP contribution in [0.1, 0.15) is 34.3 Å². The zero-order valence-corrected chi connectivity index (χ0v) is 8.62. The number of rotatable bonds is 1. The molecular formula is C13H10O3. The normalized spacial score (nSPS) is 12.9. The third kappa shape index (κ3) is 2.12. The molecule has 0 aliphatic heterocycles. The average molecular weight is 214 g/mol. The van der Waals surface area contributed by atoms with Gasteiger partial charge < -0.3 is 5.11 Å². The van der Waals surface area contributed by atoms with Crippen molar-refractivity contribution >= 4 is 11.8 Å². The minimum Gasteiger partial charge on any atom is -0.481 e. The van der Waals surface area contributed by atoms with Gasteiger partial charge in [0.25, 0.3) is 0 Å². The van der Waals surface area contributed by atoms with E-state index in [1.54, 1.807) is 12.1 Å². The number of carbonyl (C=O) groups is 2. The molecule has 1 N–H and O–H groups in total. The molecule has 3 nitrogen and oxygen atoms in total. The Kier molecular flexibility index (Phi) is 2.74. The number of carboxylic acid groups (broad SMARTS) is 1. The van der Waals surface area contributed by atoms with Gasteiger partial charge in [-0.05, 0) is 30.2 Å². The summed E-state index contributed by atoms with van der Waals surface area (Å²) < 4.78 is 0. The summed E-state index contributed by atoms with van der Waals surface area (Å²) in [4.78, 5) is 21.6. The number of fused-ring (bicyclic) bond motifs is 1. The Hall–Kier alpha value is -2.08. The number of aliphatic carboxylic acids is 1. The number of carboxylic acids is 1. The van der Waals surface area contributed by atoms with Crippen LogP contribution in [-0.4, -0.2) is 16.9 Å². The SMILES string of the molecule is O=C(O)CC#Cc1ccc2c(c1)CCC2=O. The van der Waals surface area contributed by atoms with E-state index in [1.807, 2.05) is 6.07 Å². The van der Waals surface area contributed by atoms with E-state index in [-0.39, 0.29) is 12.2 Å². The predicted octanol–water partition coefficient (Wildman–Crippen LogP) is 1.64. The summed E-state index contributed by atoms with van der Waals surface area (Å²) in [6.45, 7) is 0. The summed E-state index contributed by atoms with van der Waals surface area (Å²) in [5, 5.41) is 8.43. The number of hydrogen-bond acceptors (Lipinski definition) is 2. The lowest BCUT2D eigenvalue weighted by molar-refractivity contribution is -0.135. The van der Waals surface area contributed by atoms with E-state index < -0.39 is 5.97 Å². The monoisotopic (exact) mass is 214 g/mol. The van der Waals surface area contributed by atoms with Gasteiger partial charge in [0.15, 0.2) is 5.78 Å². The van der Waals surface area contributed by atoms with Crippen LogP contribution >= 0.6 is 0 Å². The molecular weight excluding hydrogens is 204 g/mol. The average Bonchev–Trinajstić information content (AvgIpc) is 2.60. The zero-order chi connectivity index (χ0) is 11.5. The van der Waals surface area contributed by atoms with E-state index in [2.05, 4.69) is 11.8 Å². The quantitative estimate of drug-likeness (QED) is 0.723. The smallest absolute Gasteiger partial charge is 0.315 e. The molecule has 0 atom stereocenters. The van der Waals surface area contributed by atoms with Gasteiger partial charge in [-0.2, -0.15) is 0 Å². The van der Waals surface area contributed by atoms with E-state index >= 15 is 0 Å². The van der Waals surface area contributed by atoms with E-state index in [4.69, 9.17) is 5.11 Å². The van der Waals surface area contributed by atoms with Crippen molar-refractivity contribution in [3.63, 3.8) is 0 Å². The van der Waals surface area contributed by atoms with Crippen molar-refractivity contribution in [2.75, 3.05) is 0 Å². The second-order valence-electron chi connectivity index (χ2n) is 3.67. The maximum atomic E-state index is 11.4. The molecule has 1 aliphatic carbocycles. The summed E-state index contributed by atoms with van der Waals surface area (Å²) in [5.74, 6) is 4.60. The molecule has 0 fully saturated rings. The Bertz CT molecular complexity index is 518. The van der Waals surface area contributed by atoms with Gasteiger partial charge in [-0.3, -0.25) is 9.59 Å². The predicted molar refractivity (Wildman–Crippen MR) is 58.2 cm³/mol. The summed E-state index contributed by atoms with van der Waals surface area (Å²) in [6.07, 6.45) is 1.18. The van der Waals surface area contributed by atoms with Gasteiger partial charge in [0.2, 0.25) is 0 Å². The molecule has 0 bridgehead atoms. The Labute approximate surface area is 93.1 Å². The lowest BCUT2D eigenvalue weighted by Crippen LogP contribution is -1.92. The molecule has 3 heteroatoms. The maximum Gasteiger partial charge on any atom is 0.315 e. The molecule has 0 spiro atoms. The van der Waals surface area contributed by atoms with Crippen molar-refractivity contribution in [2.45, 2.75) is 19.3 Å². The molecule has 0 radical (unpaired) electrons. The van der Waals surface area contributed by atoms with Crippen LogP contribution in [0.2, 0.25) is 0 Å². The highest BCUT2D eigenvalue weighted by Gasteiger charge is 2.18. The van der Waals surface area contributed by atoms with Crippen LogP contribution in [0.5, 0.6) is 0 Å². The maximum absolute atomic E-state index is 11.4. The van der Waals surface area contributed by atoms with Crippen LogP contribution < -0.4 is 0 Å². The largest absolute Gasteiger partial charge is 0.481 e. The molecule has 0 saturated heterocycles. The van der Waals surface area contributed by atoms with Crippen LogP contribution in [0, 0.1) is 11.8 Å². The van der Waals surface area contributed by atoms with E-state index in [1.165, 1.54) is 0 Å². The molecule has 0 saturated carbocycles. The zero-order valence-electron chi connectivity index (χ0n) is 8.62. The van der Waals surface area contributed by atoms with Gasteiger partial charge >= 0.3 is 5.97 Å². The van der Waals surface area contributed by atoms with Gasteiger partial charge in [-0.15, -0.1) is 0 Å². The van der Waals surface area contributed by atoms with E-state index in [9.17, 15) is 9.59 Å². The Morgan fingerprint density at radius 3 is 2.94 bits per heavy atom. The lowest BCUT2D eigenvalue weighted by Gasteiger charge is -1.97. The molecule has 0 amide bonds. The van der Waals surface area contributed by atoms with Crippen molar-refractivity contribution in [1.29, 1.82) is 0 Å². The van der Waals surface area contributed by atoms with Crippen molar-refractivity contribution in [3.8, 4) is 11.8 Å². The van der Waals surface area contributed by atoms with Gasteiger partial charge in [0.05, 0.1) is 0 Å². The van der Waals surface area contributed by atoms with Gasteiger partial charge in [0, 0.05) is 17.5 Å². The molecule has 1 aromatic rings.